The molecule has 3 heterocycles. The van der Waals surface area contributed by atoms with E-state index in [4.69, 9.17) is 0 Å². The molecule has 3 aliphatic rings. The average Bonchev–Trinajstić information content (AvgIpc) is 3.50. The van der Waals surface area contributed by atoms with E-state index in [1.54, 1.807) is 0 Å². The van der Waals surface area contributed by atoms with Gasteiger partial charge in [0, 0.05) is 55.4 Å². The number of amides is 1. The van der Waals surface area contributed by atoms with Crippen LogP contribution in [0, 0.1) is 0 Å². The number of aromatic nitrogens is 2. The predicted octanol–water partition coefficient (Wildman–Crippen LogP) is 2.68. The molecule has 0 aromatic carbocycles. The zero-order valence-electron chi connectivity index (χ0n) is 18.8. The van der Waals surface area contributed by atoms with Crippen molar-refractivity contribution in [2.75, 3.05) is 31.1 Å². The Morgan fingerprint density at radius 3 is 2.56 bits per heavy atom. The van der Waals surface area contributed by atoms with Crippen LogP contribution in [-0.4, -0.2) is 59.0 Å². The van der Waals surface area contributed by atoms with E-state index in [9.17, 15) is 9.59 Å². The summed E-state index contributed by atoms with van der Waals surface area (Å²) < 4.78 is 0. The molecular weight excluding hydrogens is 402 g/mol. The summed E-state index contributed by atoms with van der Waals surface area (Å²) in [6.45, 7) is 6.03. The van der Waals surface area contributed by atoms with Crippen molar-refractivity contribution in [2.24, 2.45) is 0 Å². The lowest BCUT2D eigenvalue weighted by atomic mass is 10.0. The van der Waals surface area contributed by atoms with Gasteiger partial charge in [0.05, 0.1) is 11.9 Å². The number of H-pyrrole nitrogens is 1. The van der Waals surface area contributed by atoms with Gasteiger partial charge in [-0.05, 0) is 56.7 Å². The number of nitrogens with zero attached hydrogens (tertiary/aromatic N) is 3. The average molecular weight is 436 g/mol. The SMILES string of the molecule is CCc1ccc([C@@H]2CC[C@H](N3CCN(c4ccc(C(=O)NC5CC5)nc4)CC3)C2)[nH]c1=O. The van der Waals surface area contributed by atoms with Gasteiger partial charge < -0.3 is 15.2 Å². The molecule has 5 rings (SSSR count). The molecule has 2 saturated carbocycles. The third-order valence-corrected chi connectivity index (χ3v) is 7.33. The maximum atomic E-state index is 12.2. The fraction of sp³-hybridized carbons (Fsp3) is 0.560. The third-order valence-electron chi connectivity index (χ3n) is 7.33. The highest BCUT2D eigenvalue weighted by molar-refractivity contribution is 5.92. The number of pyridine rings is 2. The first-order valence-electron chi connectivity index (χ1n) is 12.1. The number of hydrogen-bond donors (Lipinski definition) is 2. The molecule has 2 N–H and O–H groups in total. The molecule has 0 bridgehead atoms. The Labute approximate surface area is 189 Å². The van der Waals surface area contributed by atoms with Crippen molar-refractivity contribution in [1.29, 1.82) is 0 Å². The minimum absolute atomic E-state index is 0.0645. The molecule has 32 heavy (non-hydrogen) atoms. The summed E-state index contributed by atoms with van der Waals surface area (Å²) >= 11 is 0. The van der Waals surface area contributed by atoms with Crippen LogP contribution in [0.25, 0.3) is 0 Å². The summed E-state index contributed by atoms with van der Waals surface area (Å²) in [6.07, 6.45) is 8.22. The number of nitrogens with one attached hydrogen (secondary N) is 2. The van der Waals surface area contributed by atoms with Crippen molar-refractivity contribution in [3.05, 3.63) is 57.8 Å². The molecule has 1 amide bonds. The first-order valence-corrected chi connectivity index (χ1v) is 12.1. The highest BCUT2D eigenvalue weighted by Gasteiger charge is 2.32. The van der Waals surface area contributed by atoms with Gasteiger partial charge in [-0.3, -0.25) is 14.5 Å². The lowest BCUT2D eigenvalue weighted by Crippen LogP contribution is -2.49. The van der Waals surface area contributed by atoms with Gasteiger partial charge in [-0.1, -0.05) is 13.0 Å². The molecule has 3 fully saturated rings. The van der Waals surface area contributed by atoms with Crippen LogP contribution in [0.1, 0.15) is 66.7 Å². The summed E-state index contributed by atoms with van der Waals surface area (Å²) in [4.78, 5) is 36.8. The van der Waals surface area contributed by atoms with E-state index in [-0.39, 0.29) is 11.5 Å². The van der Waals surface area contributed by atoms with Gasteiger partial charge in [0.1, 0.15) is 5.69 Å². The topological polar surface area (TPSA) is 81.3 Å². The highest BCUT2D eigenvalue weighted by Crippen LogP contribution is 2.36. The van der Waals surface area contributed by atoms with Crippen molar-refractivity contribution in [3.8, 4) is 0 Å². The second-order valence-electron chi connectivity index (χ2n) is 9.46. The van der Waals surface area contributed by atoms with Gasteiger partial charge >= 0.3 is 0 Å². The van der Waals surface area contributed by atoms with E-state index in [0.29, 0.717) is 23.7 Å². The predicted molar refractivity (Wildman–Crippen MR) is 125 cm³/mol. The molecule has 1 aliphatic heterocycles. The number of aromatic amines is 1. The minimum Gasteiger partial charge on any atom is -0.368 e. The van der Waals surface area contributed by atoms with Crippen molar-refractivity contribution in [1.82, 2.24) is 20.2 Å². The van der Waals surface area contributed by atoms with Crippen LogP contribution in [0.15, 0.2) is 35.3 Å². The van der Waals surface area contributed by atoms with Crippen LogP contribution in [0.5, 0.6) is 0 Å². The summed E-state index contributed by atoms with van der Waals surface area (Å²) in [7, 11) is 0. The van der Waals surface area contributed by atoms with Crippen LogP contribution in [0.3, 0.4) is 0 Å². The van der Waals surface area contributed by atoms with E-state index in [2.05, 4.69) is 31.2 Å². The Bertz CT molecular complexity index is 1010. The second-order valence-corrected chi connectivity index (χ2v) is 9.46. The number of hydrogen-bond acceptors (Lipinski definition) is 5. The molecule has 2 aromatic rings. The number of carbonyl (C=O) groups is 1. The zero-order chi connectivity index (χ0) is 22.1. The Morgan fingerprint density at radius 1 is 1.09 bits per heavy atom. The number of rotatable bonds is 6. The fourth-order valence-electron chi connectivity index (χ4n) is 5.15. The van der Waals surface area contributed by atoms with E-state index in [1.165, 1.54) is 6.42 Å². The lowest BCUT2D eigenvalue weighted by molar-refractivity contribution is 0.0946. The summed E-state index contributed by atoms with van der Waals surface area (Å²) in [6, 6.07) is 8.91. The molecule has 7 heteroatoms. The van der Waals surface area contributed by atoms with E-state index >= 15 is 0 Å². The lowest BCUT2D eigenvalue weighted by Gasteiger charge is -2.39. The molecule has 0 radical (unpaired) electrons. The first kappa shape index (κ1) is 21.2. The summed E-state index contributed by atoms with van der Waals surface area (Å²) in [5.74, 6) is 0.389. The van der Waals surface area contributed by atoms with Crippen molar-refractivity contribution >= 4 is 11.6 Å². The monoisotopic (exact) mass is 435 g/mol. The Balaban J connectivity index is 1.13. The minimum atomic E-state index is -0.0645. The van der Waals surface area contributed by atoms with Crippen molar-refractivity contribution < 1.29 is 4.79 Å². The number of aryl methyl sites for hydroxylation is 1. The molecular formula is C25H33N5O2. The van der Waals surface area contributed by atoms with E-state index in [0.717, 1.165) is 75.2 Å². The van der Waals surface area contributed by atoms with Gasteiger partial charge in [-0.2, -0.15) is 0 Å². The summed E-state index contributed by atoms with van der Waals surface area (Å²) in [5.41, 5.74) is 3.63. The normalized spacial score (nSPS) is 24.0. The quantitative estimate of drug-likeness (QED) is 0.729. The summed E-state index contributed by atoms with van der Waals surface area (Å²) in [5, 5.41) is 2.99. The Morgan fingerprint density at radius 2 is 1.91 bits per heavy atom. The Hall–Kier alpha value is -2.67. The van der Waals surface area contributed by atoms with Crippen LogP contribution >= 0.6 is 0 Å². The van der Waals surface area contributed by atoms with Gasteiger partial charge in [-0.15, -0.1) is 0 Å². The van der Waals surface area contributed by atoms with Crippen LogP contribution in [-0.2, 0) is 6.42 Å². The molecule has 1 saturated heterocycles. The maximum Gasteiger partial charge on any atom is 0.270 e. The fourth-order valence-corrected chi connectivity index (χ4v) is 5.15. The van der Waals surface area contributed by atoms with Crippen molar-refractivity contribution in [3.63, 3.8) is 0 Å². The number of carbonyl (C=O) groups excluding carboxylic acids is 1. The van der Waals surface area contributed by atoms with Crippen LogP contribution < -0.4 is 15.8 Å². The maximum absolute atomic E-state index is 12.2. The van der Waals surface area contributed by atoms with Gasteiger partial charge in [-0.25, -0.2) is 4.98 Å². The molecule has 7 nitrogen and oxygen atoms in total. The molecule has 2 atom stereocenters. The third kappa shape index (κ3) is 4.58. The zero-order valence-corrected chi connectivity index (χ0v) is 18.8. The van der Waals surface area contributed by atoms with Crippen LogP contribution in [0.2, 0.25) is 0 Å². The number of piperazine rings is 1. The second kappa shape index (κ2) is 9.06. The molecule has 2 aliphatic carbocycles. The van der Waals surface area contributed by atoms with Crippen molar-refractivity contribution in [2.45, 2.75) is 63.5 Å². The standard InChI is InChI=1S/C25H33N5O2/c1-2-17-4-9-22(28-24(17)31)18-3-7-20(15-18)29-11-13-30(14-12-29)21-8-10-23(26-16-21)25(32)27-19-5-6-19/h4,8-10,16,18-20H,2-3,5-7,11-15H2,1H3,(H,27,32)(H,28,31)/t18-,20+/m1/s1. The largest absolute Gasteiger partial charge is 0.368 e. The van der Waals surface area contributed by atoms with Gasteiger partial charge in [0.2, 0.25) is 0 Å². The molecule has 170 valence electrons. The first-order chi connectivity index (χ1) is 15.6. The highest BCUT2D eigenvalue weighted by atomic mass is 16.2. The van der Waals surface area contributed by atoms with Gasteiger partial charge in [0.15, 0.2) is 0 Å². The molecule has 2 aromatic heterocycles. The van der Waals surface area contributed by atoms with Gasteiger partial charge in [0.25, 0.3) is 11.5 Å². The molecule has 0 spiro atoms. The van der Waals surface area contributed by atoms with E-state index < -0.39 is 0 Å². The number of anilines is 1. The van der Waals surface area contributed by atoms with E-state index in [1.807, 2.05) is 31.3 Å². The Kier molecular flexibility index (Phi) is 6.00. The van der Waals surface area contributed by atoms with Crippen LogP contribution in [0.4, 0.5) is 5.69 Å². The molecule has 0 unspecified atom stereocenters. The smallest absolute Gasteiger partial charge is 0.270 e.